The van der Waals surface area contributed by atoms with Crippen LogP contribution in [0.5, 0.6) is 0 Å². The van der Waals surface area contributed by atoms with E-state index in [1.54, 1.807) is 41.2 Å². The molecule has 1 saturated heterocycles. The third-order valence-corrected chi connectivity index (χ3v) is 7.00. The SMILES string of the molecule is Cc1ccc(C(N)=S)cc1S(=O)(=O)N1CCSC(C)(C)C1. The Morgan fingerprint density at radius 3 is 2.67 bits per heavy atom. The summed E-state index contributed by atoms with van der Waals surface area (Å²) in [5.74, 6) is 0.806. The zero-order chi connectivity index (χ0) is 15.8. The Morgan fingerprint density at radius 1 is 1.43 bits per heavy atom. The van der Waals surface area contributed by atoms with Crippen LogP contribution < -0.4 is 5.73 Å². The minimum absolute atomic E-state index is 0.0694. The number of nitrogens with two attached hydrogens (primary N) is 1. The molecule has 1 aromatic rings. The van der Waals surface area contributed by atoms with Gasteiger partial charge in [-0.25, -0.2) is 8.42 Å². The second-order valence-corrected chi connectivity index (χ2v) is 9.94. The lowest BCUT2D eigenvalue weighted by Gasteiger charge is -2.36. The summed E-state index contributed by atoms with van der Waals surface area (Å²) in [4.78, 5) is 0.511. The molecular formula is C14H20N2O2S3. The second kappa shape index (κ2) is 5.87. The highest BCUT2D eigenvalue weighted by molar-refractivity contribution is 8.00. The van der Waals surface area contributed by atoms with Crippen LogP contribution in [0.2, 0.25) is 0 Å². The molecule has 0 aromatic heterocycles. The first-order chi connectivity index (χ1) is 9.63. The third kappa shape index (κ3) is 3.59. The molecule has 116 valence electrons. The maximum absolute atomic E-state index is 12.9. The highest BCUT2D eigenvalue weighted by Gasteiger charge is 2.35. The molecule has 0 amide bonds. The van der Waals surface area contributed by atoms with E-state index in [-0.39, 0.29) is 9.74 Å². The largest absolute Gasteiger partial charge is 0.389 e. The number of rotatable bonds is 3. The van der Waals surface area contributed by atoms with E-state index in [0.717, 1.165) is 5.75 Å². The highest BCUT2D eigenvalue weighted by atomic mass is 32.2. The molecule has 0 radical (unpaired) electrons. The summed E-state index contributed by atoms with van der Waals surface area (Å²) >= 11 is 6.75. The summed E-state index contributed by atoms with van der Waals surface area (Å²) in [5.41, 5.74) is 6.91. The zero-order valence-corrected chi connectivity index (χ0v) is 14.9. The average molecular weight is 345 g/mol. The molecule has 1 aliphatic rings. The lowest BCUT2D eigenvalue weighted by molar-refractivity contribution is 0.387. The van der Waals surface area contributed by atoms with Crippen molar-refractivity contribution in [3.8, 4) is 0 Å². The first-order valence-electron chi connectivity index (χ1n) is 6.68. The Kier molecular flexibility index (Phi) is 4.68. The normalized spacial score (nSPS) is 19.4. The first-order valence-corrected chi connectivity index (χ1v) is 9.51. The van der Waals surface area contributed by atoms with E-state index in [2.05, 4.69) is 13.8 Å². The number of hydrogen-bond donors (Lipinski definition) is 1. The van der Waals surface area contributed by atoms with E-state index in [4.69, 9.17) is 18.0 Å². The number of hydrogen-bond acceptors (Lipinski definition) is 4. The van der Waals surface area contributed by atoms with Gasteiger partial charge in [-0.15, -0.1) is 0 Å². The molecular weight excluding hydrogens is 324 g/mol. The van der Waals surface area contributed by atoms with Gasteiger partial charge in [0.1, 0.15) is 4.99 Å². The molecule has 21 heavy (non-hydrogen) atoms. The van der Waals surface area contributed by atoms with Crippen LogP contribution in [0.3, 0.4) is 0 Å². The third-order valence-electron chi connectivity index (χ3n) is 3.48. The molecule has 2 rings (SSSR count). The summed E-state index contributed by atoms with van der Waals surface area (Å²) in [5, 5.41) is 0. The molecule has 0 unspecified atom stereocenters. The molecule has 0 bridgehead atoms. The maximum Gasteiger partial charge on any atom is 0.243 e. The monoisotopic (exact) mass is 344 g/mol. The highest BCUT2D eigenvalue weighted by Crippen LogP contribution is 2.33. The molecule has 2 N–H and O–H groups in total. The maximum atomic E-state index is 12.9. The lowest BCUT2D eigenvalue weighted by Crippen LogP contribution is -2.46. The van der Waals surface area contributed by atoms with Gasteiger partial charge in [-0.05, 0) is 32.4 Å². The van der Waals surface area contributed by atoms with E-state index >= 15 is 0 Å². The fourth-order valence-corrected chi connectivity index (χ4v) is 5.64. The van der Waals surface area contributed by atoms with Crippen LogP contribution in [-0.2, 0) is 10.0 Å². The molecule has 1 fully saturated rings. The van der Waals surface area contributed by atoms with Gasteiger partial charge >= 0.3 is 0 Å². The van der Waals surface area contributed by atoms with Gasteiger partial charge < -0.3 is 5.73 Å². The molecule has 4 nitrogen and oxygen atoms in total. The number of nitrogens with zero attached hydrogens (tertiary/aromatic N) is 1. The number of aryl methyl sites for hydroxylation is 1. The Labute approximate surface area is 136 Å². The van der Waals surface area contributed by atoms with E-state index in [9.17, 15) is 8.42 Å². The van der Waals surface area contributed by atoms with Gasteiger partial charge in [0.25, 0.3) is 0 Å². The van der Waals surface area contributed by atoms with Gasteiger partial charge in [0.15, 0.2) is 0 Å². The number of benzene rings is 1. The van der Waals surface area contributed by atoms with Gasteiger partial charge in [0.05, 0.1) is 4.90 Å². The second-order valence-electron chi connectivity index (χ2n) is 5.79. The molecule has 7 heteroatoms. The summed E-state index contributed by atoms with van der Waals surface area (Å²) in [6.07, 6.45) is 0. The number of thioether (sulfide) groups is 1. The predicted octanol–water partition coefficient (Wildman–Crippen LogP) is 2.15. The van der Waals surface area contributed by atoms with Crippen LogP contribution in [0.15, 0.2) is 23.1 Å². The lowest BCUT2D eigenvalue weighted by atomic mass is 10.1. The van der Waals surface area contributed by atoms with E-state index in [1.165, 1.54) is 0 Å². The van der Waals surface area contributed by atoms with Gasteiger partial charge in [-0.2, -0.15) is 16.1 Å². The fraction of sp³-hybridized carbons (Fsp3) is 0.500. The van der Waals surface area contributed by atoms with Crippen molar-refractivity contribution in [2.24, 2.45) is 5.73 Å². The quantitative estimate of drug-likeness (QED) is 0.851. The number of sulfonamides is 1. The molecule has 0 aliphatic carbocycles. The van der Waals surface area contributed by atoms with E-state index in [0.29, 0.717) is 29.1 Å². The van der Waals surface area contributed by atoms with Crippen molar-refractivity contribution in [1.82, 2.24) is 4.31 Å². The van der Waals surface area contributed by atoms with Crippen LogP contribution in [0.4, 0.5) is 0 Å². The topological polar surface area (TPSA) is 63.4 Å². The van der Waals surface area contributed by atoms with Crippen LogP contribution >= 0.6 is 24.0 Å². The van der Waals surface area contributed by atoms with Crippen molar-refractivity contribution in [3.05, 3.63) is 29.3 Å². The smallest absolute Gasteiger partial charge is 0.243 e. The molecule has 0 saturated carbocycles. The van der Waals surface area contributed by atoms with E-state index < -0.39 is 10.0 Å². The molecule has 1 heterocycles. The van der Waals surface area contributed by atoms with Crippen LogP contribution in [-0.4, -0.2) is 41.3 Å². The van der Waals surface area contributed by atoms with Crippen molar-refractivity contribution in [3.63, 3.8) is 0 Å². The minimum atomic E-state index is -3.51. The Morgan fingerprint density at radius 2 is 2.10 bits per heavy atom. The zero-order valence-electron chi connectivity index (χ0n) is 12.4. The average Bonchev–Trinajstić information content (AvgIpc) is 2.37. The van der Waals surface area contributed by atoms with Crippen LogP contribution in [0, 0.1) is 6.92 Å². The molecule has 0 spiro atoms. The first kappa shape index (κ1) is 16.7. The summed E-state index contributed by atoms with van der Waals surface area (Å²) in [7, 11) is -3.51. The van der Waals surface area contributed by atoms with Gasteiger partial charge in [0.2, 0.25) is 10.0 Å². The van der Waals surface area contributed by atoms with Crippen LogP contribution in [0.25, 0.3) is 0 Å². The van der Waals surface area contributed by atoms with Crippen LogP contribution in [0.1, 0.15) is 25.0 Å². The van der Waals surface area contributed by atoms with Crippen molar-refractivity contribution in [1.29, 1.82) is 0 Å². The molecule has 1 aliphatic heterocycles. The van der Waals surface area contributed by atoms with Gasteiger partial charge in [0, 0.05) is 29.2 Å². The van der Waals surface area contributed by atoms with Gasteiger partial charge in [-0.1, -0.05) is 24.4 Å². The summed E-state index contributed by atoms with van der Waals surface area (Å²) in [6.45, 7) is 6.97. The Bertz CT molecular complexity index is 669. The minimum Gasteiger partial charge on any atom is -0.389 e. The van der Waals surface area contributed by atoms with Crippen molar-refractivity contribution in [2.75, 3.05) is 18.8 Å². The summed E-state index contributed by atoms with van der Waals surface area (Å²) < 4.78 is 27.3. The fourth-order valence-electron chi connectivity index (χ4n) is 2.35. The summed E-state index contributed by atoms with van der Waals surface area (Å²) in [6, 6.07) is 5.10. The van der Waals surface area contributed by atoms with Gasteiger partial charge in [-0.3, -0.25) is 0 Å². The van der Waals surface area contributed by atoms with Crippen molar-refractivity contribution < 1.29 is 8.42 Å². The standard InChI is InChI=1S/C14H20N2O2S3/c1-10-4-5-11(13(15)19)8-12(10)21(17,18)16-6-7-20-14(2,3)9-16/h4-5,8H,6-7,9H2,1-3H3,(H2,15,19). The predicted molar refractivity (Wildman–Crippen MR) is 92.4 cm³/mol. The van der Waals surface area contributed by atoms with Crippen molar-refractivity contribution >= 4 is 39.0 Å². The molecule has 1 aromatic carbocycles. The molecule has 0 atom stereocenters. The van der Waals surface area contributed by atoms with E-state index in [1.807, 2.05) is 0 Å². The number of thiocarbonyl (C=S) groups is 1. The van der Waals surface area contributed by atoms with Crippen molar-refractivity contribution in [2.45, 2.75) is 30.4 Å². The Balaban J connectivity index is 2.44. The Hall–Kier alpha value is -0.630.